The molecule has 3 saturated heterocycles. The lowest BCUT2D eigenvalue weighted by molar-refractivity contribution is -0.964. The van der Waals surface area contributed by atoms with Crippen LogP contribution in [-0.2, 0) is 14.9 Å². The van der Waals surface area contributed by atoms with Gasteiger partial charge in [0, 0.05) is 37.0 Å². The number of esters is 1. The minimum absolute atomic E-state index is 0.0188. The molecule has 0 aromatic heterocycles. The average molecular weight is 485 g/mol. The molecule has 2 bridgehead atoms. The van der Waals surface area contributed by atoms with Crippen LogP contribution in [0.25, 0.3) is 0 Å². The molecule has 2 aromatic rings. The average Bonchev–Trinajstić information content (AvgIpc) is 3.33. The normalized spacial score (nSPS) is 29.8. The molecule has 1 saturated carbocycles. The molecular formula is C31H38N3O2+. The van der Waals surface area contributed by atoms with Crippen molar-refractivity contribution in [3.8, 4) is 0 Å². The van der Waals surface area contributed by atoms with Crippen molar-refractivity contribution in [1.82, 2.24) is 0 Å². The Morgan fingerprint density at radius 1 is 0.917 bits per heavy atom. The van der Waals surface area contributed by atoms with E-state index in [9.17, 15) is 4.79 Å². The van der Waals surface area contributed by atoms with Crippen molar-refractivity contribution in [1.29, 1.82) is 0 Å². The molecule has 0 amide bonds. The van der Waals surface area contributed by atoms with E-state index in [0.29, 0.717) is 5.92 Å². The largest absolute Gasteiger partial charge is 0.455 e. The van der Waals surface area contributed by atoms with Crippen LogP contribution in [0.4, 0.5) is 0 Å². The second-order valence-corrected chi connectivity index (χ2v) is 11.4. The Morgan fingerprint density at radius 3 is 2.22 bits per heavy atom. The van der Waals surface area contributed by atoms with Crippen LogP contribution < -0.4 is 0 Å². The van der Waals surface area contributed by atoms with Crippen molar-refractivity contribution < 1.29 is 14.0 Å². The number of piperidine rings is 3. The predicted molar refractivity (Wildman–Crippen MR) is 143 cm³/mol. The first-order valence-electron chi connectivity index (χ1n) is 14.0. The topological polar surface area (TPSA) is 51.0 Å². The van der Waals surface area contributed by atoms with Crippen LogP contribution in [-0.4, -0.2) is 48.1 Å². The fraction of sp³-hybridized carbons (Fsp3) is 0.516. The van der Waals surface area contributed by atoms with Crippen molar-refractivity contribution in [2.45, 2.75) is 75.3 Å². The zero-order chi connectivity index (χ0) is 24.4. The van der Waals surface area contributed by atoms with Crippen LogP contribution in [0.3, 0.4) is 0 Å². The minimum atomic E-state index is -0.503. The molecule has 1 unspecified atom stereocenters. The van der Waals surface area contributed by atoms with Crippen LogP contribution in [0.2, 0.25) is 0 Å². The number of ether oxygens (including phenoxy) is 1. The van der Waals surface area contributed by atoms with E-state index in [0.717, 1.165) is 80.3 Å². The molecule has 0 N–H and O–H groups in total. The molecular weight excluding hydrogens is 446 g/mol. The van der Waals surface area contributed by atoms with E-state index < -0.39 is 5.41 Å². The molecule has 7 rings (SSSR count). The van der Waals surface area contributed by atoms with Crippen LogP contribution >= 0.6 is 0 Å². The SMILES string of the molecule is O=C(O[C@H]1C[N+]2(C(C3=NN=CC3)c3ccccc3)CCC1CC2)C1(c2ccccc2)CCCCCC1. The van der Waals surface area contributed by atoms with Crippen molar-refractivity contribution in [2.75, 3.05) is 19.6 Å². The van der Waals surface area contributed by atoms with E-state index in [1.807, 2.05) is 12.3 Å². The summed E-state index contributed by atoms with van der Waals surface area (Å²) in [4.78, 5) is 14.1. The lowest BCUT2D eigenvalue weighted by Gasteiger charge is -2.55. The molecule has 2 atom stereocenters. The number of hydrogen-bond donors (Lipinski definition) is 0. The maximum atomic E-state index is 14.1. The Kier molecular flexibility index (Phi) is 6.51. The summed E-state index contributed by atoms with van der Waals surface area (Å²) < 4.78 is 7.56. The van der Waals surface area contributed by atoms with Gasteiger partial charge < -0.3 is 9.22 Å². The second kappa shape index (κ2) is 9.93. The van der Waals surface area contributed by atoms with Gasteiger partial charge in [-0.1, -0.05) is 86.3 Å². The summed E-state index contributed by atoms with van der Waals surface area (Å²) in [5.74, 6) is 0.482. The van der Waals surface area contributed by atoms with E-state index in [1.54, 1.807) is 0 Å². The van der Waals surface area contributed by atoms with Gasteiger partial charge in [-0.3, -0.25) is 4.79 Å². The van der Waals surface area contributed by atoms with Gasteiger partial charge in [-0.25, -0.2) is 0 Å². The number of carbonyl (C=O) groups is 1. The maximum Gasteiger partial charge on any atom is 0.317 e. The standard InChI is InChI=1S/C31H38N3O2/c35-30(31(18-9-1-2-10-19-31)26-13-7-4-8-14-26)36-28-23-34(21-16-24(28)17-22-34)29(27-15-20-32-33-27)25-11-5-3-6-12-25/h3-8,11-14,20,24,28-29H,1-2,9-10,15-19,21-23H2/q+1/t24?,28-,29?,34?/m0/s1. The summed E-state index contributed by atoms with van der Waals surface area (Å²) in [6.07, 6.45) is 11.3. The second-order valence-electron chi connectivity index (χ2n) is 11.4. The van der Waals surface area contributed by atoms with Crippen molar-refractivity contribution in [3.05, 3.63) is 71.8 Å². The molecule has 5 aliphatic rings. The molecule has 2 aromatic carbocycles. The fourth-order valence-electron chi connectivity index (χ4n) is 7.53. The molecule has 36 heavy (non-hydrogen) atoms. The quantitative estimate of drug-likeness (QED) is 0.287. The molecule has 5 heteroatoms. The zero-order valence-corrected chi connectivity index (χ0v) is 21.2. The van der Waals surface area contributed by atoms with Crippen LogP contribution in [0.5, 0.6) is 0 Å². The van der Waals surface area contributed by atoms with Crippen LogP contribution in [0, 0.1) is 5.92 Å². The Balaban J connectivity index is 1.29. The molecule has 1 aliphatic carbocycles. The zero-order valence-electron chi connectivity index (χ0n) is 21.2. The number of benzene rings is 2. The molecule has 188 valence electrons. The third-order valence-corrected chi connectivity index (χ3v) is 9.44. The number of hydrogen-bond acceptors (Lipinski definition) is 4. The van der Waals surface area contributed by atoms with Crippen LogP contribution in [0.15, 0.2) is 70.9 Å². The molecule has 4 heterocycles. The first-order valence-corrected chi connectivity index (χ1v) is 14.0. The van der Waals surface area contributed by atoms with E-state index >= 15 is 0 Å². The maximum absolute atomic E-state index is 14.1. The summed E-state index contributed by atoms with van der Waals surface area (Å²) in [5, 5.41) is 8.81. The molecule has 4 fully saturated rings. The number of rotatable bonds is 6. The Bertz CT molecular complexity index is 1110. The van der Waals surface area contributed by atoms with E-state index in [2.05, 4.69) is 64.8 Å². The highest BCUT2D eigenvalue weighted by molar-refractivity contribution is 6.01. The number of quaternary nitrogens is 1. The summed E-state index contributed by atoms with van der Waals surface area (Å²) >= 11 is 0. The Morgan fingerprint density at radius 2 is 1.58 bits per heavy atom. The third kappa shape index (κ3) is 4.21. The van der Waals surface area contributed by atoms with Crippen LogP contribution in [0.1, 0.15) is 75.0 Å². The first kappa shape index (κ1) is 23.6. The van der Waals surface area contributed by atoms with Gasteiger partial charge in [-0.2, -0.15) is 10.2 Å². The van der Waals surface area contributed by atoms with Gasteiger partial charge in [0.25, 0.3) is 0 Å². The van der Waals surface area contributed by atoms with E-state index in [1.165, 1.54) is 18.4 Å². The predicted octanol–water partition coefficient (Wildman–Crippen LogP) is 6.00. The third-order valence-electron chi connectivity index (χ3n) is 9.44. The van der Waals surface area contributed by atoms with Gasteiger partial charge in [-0.15, -0.1) is 0 Å². The lowest BCUT2D eigenvalue weighted by Crippen LogP contribution is -2.67. The van der Waals surface area contributed by atoms with Gasteiger partial charge in [0.2, 0.25) is 0 Å². The lowest BCUT2D eigenvalue weighted by atomic mass is 9.74. The smallest absolute Gasteiger partial charge is 0.317 e. The number of fused-ring (bicyclic) bond motifs is 3. The van der Waals surface area contributed by atoms with Gasteiger partial charge in [0.05, 0.1) is 18.5 Å². The summed E-state index contributed by atoms with van der Waals surface area (Å²) in [6, 6.07) is 21.4. The summed E-state index contributed by atoms with van der Waals surface area (Å²) in [6.45, 7) is 3.10. The molecule has 0 spiro atoms. The number of nitrogens with zero attached hydrogens (tertiary/aromatic N) is 3. The summed E-state index contributed by atoms with van der Waals surface area (Å²) in [7, 11) is 0. The Hall–Kier alpha value is -2.79. The van der Waals surface area contributed by atoms with Gasteiger partial charge in [0.15, 0.2) is 12.1 Å². The first-order chi connectivity index (χ1) is 17.7. The highest BCUT2D eigenvalue weighted by Gasteiger charge is 2.54. The minimum Gasteiger partial charge on any atom is -0.455 e. The van der Waals surface area contributed by atoms with Gasteiger partial charge >= 0.3 is 5.97 Å². The van der Waals surface area contributed by atoms with Gasteiger partial charge in [0.1, 0.15) is 12.3 Å². The van der Waals surface area contributed by atoms with E-state index in [-0.39, 0.29) is 18.1 Å². The fourth-order valence-corrected chi connectivity index (χ4v) is 7.53. The molecule has 4 aliphatic heterocycles. The van der Waals surface area contributed by atoms with Crippen molar-refractivity contribution >= 4 is 17.9 Å². The highest BCUT2D eigenvalue weighted by atomic mass is 16.5. The summed E-state index contributed by atoms with van der Waals surface area (Å²) in [5.41, 5.74) is 3.09. The Labute approximate surface area is 214 Å². The highest BCUT2D eigenvalue weighted by Crippen LogP contribution is 2.46. The molecule has 5 nitrogen and oxygen atoms in total. The van der Waals surface area contributed by atoms with E-state index in [4.69, 9.17) is 4.74 Å². The monoisotopic (exact) mass is 484 g/mol. The molecule has 0 radical (unpaired) electrons. The number of carbonyl (C=O) groups excluding carboxylic acids is 1. The van der Waals surface area contributed by atoms with Gasteiger partial charge in [-0.05, 0) is 18.4 Å². The van der Waals surface area contributed by atoms with Crippen molar-refractivity contribution in [3.63, 3.8) is 0 Å². The van der Waals surface area contributed by atoms with Crippen molar-refractivity contribution in [2.24, 2.45) is 16.1 Å².